The van der Waals surface area contributed by atoms with E-state index in [0.29, 0.717) is 24.3 Å². The molecule has 3 fully saturated rings. The first kappa shape index (κ1) is 33.2. The second kappa shape index (κ2) is 17.0. The summed E-state index contributed by atoms with van der Waals surface area (Å²) in [7, 11) is 0. The van der Waals surface area contributed by atoms with Gasteiger partial charge in [-0.15, -0.1) is 0 Å². The lowest BCUT2D eigenvalue weighted by Crippen LogP contribution is -2.57. The minimum absolute atomic E-state index is 0.252. The number of unbranched alkanes of at least 4 members (excludes halogenated alkanes) is 2. The monoisotopic (exact) mass is 552 g/mol. The molecule has 0 amide bonds. The summed E-state index contributed by atoms with van der Waals surface area (Å²) in [6.07, 6.45) is 8.27. The Bertz CT molecular complexity index is 636. The van der Waals surface area contributed by atoms with Crippen LogP contribution < -0.4 is 0 Å². The van der Waals surface area contributed by atoms with Crippen LogP contribution in [-0.4, -0.2) is 146 Å². The molecule has 3 rings (SSSR count). The Kier molecular flexibility index (Phi) is 14.5. The summed E-state index contributed by atoms with van der Waals surface area (Å²) in [6.45, 7) is 32.4. The molecule has 3 aliphatic heterocycles. The van der Waals surface area contributed by atoms with Crippen molar-refractivity contribution in [2.24, 2.45) is 0 Å². The van der Waals surface area contributed by atoms with Gasteiger partial charge in [0.1, 0.15) is 0 Å². The summed E-state index contributed by atoms with van der Waals surface area (Å²) in [6, 6.07) is 1.31. The summed E-state index contributed by atoms with van der Waals surface area (Å²) in [5.41, 5.74) is 0.252. The van der Waals surface area contributed by atoms with E-state index in [1.54, 1.807) is 0 Å². The molecular formula is C32H65N5O2. The molecule has 0 saturated carbocycles. The van der Waals surface area contributed by atoms with E-state index in [1.807, 2.05) is 0 Å². The molecule has 0 bridgehead atoms. The van der Waals surface area contributed by atoms with E-state index in [4.69, 9.17) is 9.47 Å². The maximum atomic E-state index is 6.28. The Balaban J connectivity index is 1.25. The van der Waals surface area contributed by atoms with Crippen LogP contribution in [0.4, 0.5) is 0 Å². The summed E-state index contributed by atoms with van der Waals surface area (Å²) >= 11 is 0. The number of piperidine rings is 1. The fourth-order valence-electron chi connectivity index (χ4n) is 6.83. The van der Waals surface area contributed by atoms with Crippen LogP contribution in [0.2, 0.25) is 0 Å². The molecule has 0 spiro atoms. The fourth-order valence-corrected chi connectivity index (χ4v) is 6.83. The van der Waals surface area contributed by atoms with Crippen LogP contribution in [0.3, 0.4) is 0 Å². The highest BCUT2D eigenvalue weighted by Crippen LogP contribution is 2.25. The molecule has 0 aliphatic carbocycles. The second-order valence-corrected chi connectivity index (χ2v) is 13.8. The van der Waals surface area contributed by atoms with Crippen LogP contribution >= 0.6 is 0 Å². The molecule has 0 N–H and O–H groups in total. The number of hydrogen-bond acceptors (Lipinski definition) is 7. The van der Waals surface area contributed by atoms with Gasteiger partial charge in [0.15, 0.2) is 0 Å². The topological polar surface area (TPSA) is 34.7 Å². The van der Waals surface area contributed by atoms with Gasteiger partial charge in [0.05, 0.1) is 18.8 Å². The molecule has 0 radical (unpaired) electrons. The Morgan fingerprint density at radius 3 is 1.90 bits per heavy atom. The van der Waals surface area contributed by atoms with Crippen molar-refractivity contribution >= 4 is 0 Å². The van der Waals surface area contributed by atoms with Crippen molar-refractivity contribution in [1.82, 2.24) is 24.5 Å². The summed E-state index contributed by atoms with van der Waals surface area (Å²) < 4.78 is 12.0. The van der Waals surface area contributed by atoms with Gasteiger partial charge in [0, 0.05) is 96.2 Å². The van der Waals surface area contributed by atoms with E-state index in [9.17, 15) is 0 Å². The minimum atomic E-state index is 0.252. The molecule has 39 heavy (non-hydrogen) atoms. The Morgan fingerprint density at radius 2 is 1.28 bits per heavy atom. The molecule has 7 nitrogen and oxygen atoms in total. The van der Waals surface area contributed by atoms with Crippen molar-refractivity contribution in [2.45, 2.75) is 117 Å². The van der Waals surface area contributed by atoms with Crippen molar-refractivity contribution in [3.05, 3.63) is 0 Å². The summed E-state index contributed by atoms with van der Waals surface area (Å²) in [4.78, 5) is 13.4. The molecule has 1 atom stereocenters. The predicted molar refractivity (Wildman–Crippen MR) is 165 cm³/mol. The highest BCUT2D eigenvalue weighted by molar-refractivity contribution is 4.90. The quantitative estimate of drug-likeness (QED) is 0.265. The molecular weight excluding hydrogens is 486 g/mol. The summed E-state index contributed by atoms with van der Waals surface area (Å²) in [5.74, 6) is 0. The first-order chi connectivity index (χ1) is 18.6. The highest BCUT2D eigenvalue weighted by atomic mass is 16.5. The molecule has 7 heteroatoms. The number of likely N-dealkylation sites (tertiary alicyclic amines) is 1. The molecule has 3 saturated heterocycles. The zero-order valence-corrected chi connectivity index (χ0v) is 27.0. The Labute approximate surface area is 242 Å². The number of rotatable bonds is 16. The fraction of sp³-hybridized carbons (Fsp3) is 1.00. The zero-order chi connectivity index (χ0) is 28.3. The van der Waals surface area contributed by atoms with E-state index in [0.717, 1.165) is 19.8 Å². The standard InChI is InChI=1S/C32H65N5O2/c1-28(2)35-14-11-31(12-15-35)39-26-24-34-18-22-37(23-19-34)32(6,7)27-30(5)36-20-16-33(17-21-36)13-9-8-10-25-38-29(3)4/h28-31H,8-27H2,1-7H3. The van der Waals surface area contributed by atoms with Crippen molar-refractivity contribution in [3.8, 4) is 0 Å². The lowest BCUT2D eigenvalue weighted by molar-refractivity contribution is -0.0194. The van der Waals surface area contributed by atoms with E-state index >= 15 is 0 Å². The van der Waals surface area contributed by atoms with Gasteiger partial charge in [-0.2, -0.15) is 0 Å². The van der Waals surface area contributed by atoms with E-state index in [2.05, 4.69) is 73.0 Å². The highest BCUT2D eigenvalue weighted by Gasteiger charge is 2.33. The van der Waals surface area contributed by atoms with Gasteiger partial charge in [-0.1, -0.05) is 0 Å². The van der Waals surface area contributed by atoms with E-state index in [1.165, 1.54) is 111 Å². The molecule has 0 aromatic carbocycles. The maximum Gasteiger partial charge on any atom is 0.0600 e. The molecule has 0 aromatic heterocycles. The average Bonchev–Trinajstić information content (AvgIpc) is 2.91. The van der Waals surface area contributed by atoms with Crippen molar-refractivity contribution in [1.29, 1.82) is 0 Å². The minimum Gasteiger partial charge on any atom is -0.379 e. The van der Waals surface area contributed by atoms with Gasteiger partial charge in [-0.25, -0.2) is 0 Å². The van der Waals surface area contributed by atoms with E-state index < -0.39 is 0 Å². The van der Waals surface area contributed by atoms with Gasteiger partial charge < -0.3 is 19.3 Å². The molecule has 1 unspecified atom stereocenters. The third-order valence-corrected chi connectivity index (χ3v) is 9.59. The number of piperazine rings is 2. The van der Waals surface area contributed by atoms with Gasteiger partial charge in [0.2, 0.25) is 0 Å². The second-order valence-electron chi connectivity index (χ2n) is 13.8. The van der Waals surface area contributed by atoms with Gasteiger partial charge in [-0.05, 0) is 93.5 Å². The first-order valence-electron chi connectivity index (χ1n) is 16.5. The van der Waals surface area contributed by atoms with E-state index in [-0.39, 0.29) is 5.54 Å². The third-order valence-electron chi connectivity index (χ3n) is 9.59. The lowest BCUT2D eigenvalue weighted by atomic mass is 9.92. The molecule has 3 heterocycles. The van der Waals surface area contributed by atoms with Crippen molar-refractivity contribution in [3.63, 3.8) is 0 Å². The van der Waals surface area contributed by atoms with Crippen LogP contribution in [0.25, 0.3) is 0 Å². The van der Waals surface area contributed by atoms with Gasteiger partial charge in [0.25, 0.3) is 0 Å². The average molecular weight is 552 g/mol. The SMILES string of the molecule is CC(C)OCCCCCN1CCN(C(C)CC(C)(C)N2CCN(CCOC3CCN(C(C)C)CC3)CC2)CC1. The Morgan fingerprint density at radius 1 is 0.667 bits per heavy atom. The largest absolute Gasteiger partial charge is 0.379 e. The van der Waals surface area contributed by atoms with Crippen LogP contribution in [0.1, 0.15) is 87.0 Å². The molecule has 3 aliphatic rings. The summed E-state index contributed by atoms with van der Waals surface area (Å²) in [5, 5.41) is 0. The Hall–Kier alpha value is -0.280. The number of nitrogens with zero attached hydrogens (tertiary/aromatic N) is 5. The number of ether oxygens (including phenoxy) is 2. The van der Waals surface area contributed by atoms with Gasteiger partial charge in [-0.3, -0.25) is 14.7 Å². The van der Waals surface area contributed by atoms with Crippen LogP contribution in [0, 0.1) is 0 Å². The smallest absolute Gasteiger partial charge is 0.0600 e. The van der Waals surface area contributed by atoms with Crippen LogP contribution in [-0.2, 0) is 9.47 Å². The number of hydrogen-bond donors (Lipinski definition) is 0. The third kappa shape index (κ3) is 11.9. The zero-order valence-electron chi connectivity index (χ0n) is 27.0. The lowest BCUT2D eigenvalue weighted by Gasteiger charge is -2.47. The normalized spacial score (nSPS) is 23.3. The van der Waals surface area contributed by atoms with Crippen molar-refractivity contribution in [2.75, 3.05) is 91.8 Å². The molecule has 230 valence electrons. The van der Waals surface area contributed by atoms with Crippen LogP contribution in [0.15, 0.2) is 0 Å². The first-order valence-corrected chi connectivity index (χ1v) is 16.5. The predicted octanol–water partition coefficient (Wildman–Crippen LogP) is 4.26. The van der Waals surface area contributed by atoms with Crippen molar-refractivity contribution < 1.29 is 9.47 Å². The van der Waals surface area contributed by atoms with Gasteiger partial charge >= 0.3 is 0 Å². The molecule has 0 aromatic rings. The maximum absolute atomic E-state index is 6.28. The van der Waals surface area contributed by atoms with Crippen LogP contribution in [0.5, 0.6) is 0 Å².